The van der Waals surface area contributed by atoms with E-state index in [0.717, 1.165) is 11.3 Å². The summed E-state index contributed by atoms with van der Waals surface area (Å²) in [7, 11) is -3.62. The van der Waals surface area contributed by atoms with E-state index in [-0.39, 0.29) is 29.8 Å². The third-order valence-corrected chi connectivity index (χ3v) is 6.31. The van der Waals surface area contributed by atoms with E-state index in [1.807, 2.05) is 19.2 Å². The monoisotopic (exact) mass is 430 g/mol. The van der Waals surface area contributed by atoms with E-state index in [9.17, 15) is 13.2 Å². The van der Waals surface area contributed by atoms with E-state index in [0.29, 0.717) is 19.6 Å². The van der Waals surface area contributed by atoms with Gasteiger partial charge in [0, 0.05) is 26.1 Å². The van der Waals surface area contributed by atoms with Gasteiger partial charge >= 0.3 is 0 Å². The number of aromatic nitrogens is 6. The summed E-state index contributed by atoms with van der Waals surface area (Å²) >= 11 is 0. The van der Waals surface area contributed by atoms with Crippen LogP contribution in [0.4, 0.5) is 0 Å². The first-order chi connectivity index (χ1) is 14.4. The van der Waals surface area contributed by atoms with Crippen LogP contribution in [-0.4, -0.2) is 68.8 Å². The highest BCUT2D eigenvalue weighted by Crippen LogP contribution is 2.21. The van der Waals surface area contributed by atoms with Crippen molar-refractivity contribution in [2.24, 2.45) is 0 Å². The summed E-state index contributed by atoms with van der Waals surface area (Å²) in [5.74, 6) is -0.0979. The molecule has 158 valence electrons. The van der Waals surface area contributed by atoms with Gasteiger partial charge < -0.3 is 4.90 Å². The smallest absolute Gasteiger partial charge is 0.240 e. The van der Waals surface area contributed by atoms with Crippen molar-refractivity contribution >= 4 is 15.9 Å². The molecule has 0 spiro atoms. The minimum absolute atomic E-state index is 0.0562. The average molecular weight is 430 g/mol. The first-order valence-corrected chi connectivity index (χ1v) is 11.0. The van der Waals surface area contributed by atoms with E-state index in [4.69, 9.17) is 0 Å². The third-order valence-electron chi connectivity index (χ3n) is 4.85. The van der Waals surface area contributed by atoms with Crippen molar-refractivity contribution in [3.8, 4) is 0 Å². The highest BCUT2D eigenvalue weighted by Gasteiger charge is 2.32. The normalized spacial score (nSPS) is 14.6. The molecule has 1 N–H and O–H groups in total. The van der Waals surface area contributed by atoms with Crippen LogP contribution in [0.15, 0.2) is 47.8 Å². The highest BCUT2D eigenvalue weighted by atomic mass is 32.2. The molecule has 30 heavy (non-hydrogen) atoms. The first-order valence-electron chi connectivity index (χ1n) is 9.49. The van der Waals surface area contributed by atoms with Crippen LogP contribution in [0.3, 0.4) is 0 Å². The number of aryl methyl sites for hydroxylation is 1. The van der Waals surface area contributed by atoms with Gasteiger partial charge in [0.25, 0.3) is 0 Å². The Balaban J connectivity index is 1.22. The molecule has 1 aliphatic rings. The van der Waals surface area contributed by atoms with Gasteiger partial charge in [-0.3, -0.25) is 4.79 Å². The zero-order chi connectivity index (χ0) is 21.1. The molecule has 0 bridgehead atoms. The standard InChI is InChI=1S/C18H22N8O3S/c1-14-3-2-4-17(9-14)30(28,29)21-6-5-18(27)24-12-16(13-24)25-10-15(22-23-25)11-26-19-7-8-20-26/h2-4,7-10,16,21H,5-6,11-13H2,1H3. The fourth-order valence-corrected chi connectivity index (χ4v) is 4.31. The van der Waals surface area contributed by atoms with Crippen molar-refractivity contribution < 1.29 is 13.2 Å². The van der Waals surface area contributed by atoms with Crippen molar-refractivity contribution in [1.82, 2.24) is 39.6 Å². The van der Waals surface area contributed by atoms with Gasteiger partial charge in [0.2, 0.25) is 15.9 Å². The van der Waals surface area contributed by atoms with E-state index in [1.165, 1.54) is 10.9 Å². The van der Waals surface area contributed by atoms with Crippen molar-refractivity contribution in [3.63, 3.8) is 0 Å². The molecule has 1 fully saturated rings. The van der Waals surface area contributed by atoms with Crippen LogP contribution < -0.4 is 4.72 Å². The third kappa shape index (κ3) is 4.54. The van der Waals surface area contributed by atoms with Crippen LogP contribution in [0.5, 0.6) is 0 Å². The lowest BCUT2D eigenvalue weighted by molar-refractivity contribution is -0.137. The minimum Gasteiger partial charge on any atom is -0.338 e. The quantitative estimate of drug-likeness (QED) is 0.532. The van der Waals surface area contributed by atoms with Gasteiger partial charge in [0.15, 0.2) is 0 Å². The summed E-state index contributed by atoms with van der Waals surface area (Å²) in [6.07, 6.45) is 5.12. The summed E-state index contributed by atoms with van der Waals surface area (Å²) in [6, 6.07) is 6.71. The number of benzene rings is 1. The molecule has 4 rings (SSSR count). The molecule has 0 radical (unpaired) electrons. The van der Waals surface area contributed by atoms with Crippen LogP contribution in [0.2, 0.25) is 0 Å². The minimum atomic E-state index is -3.62. The summed E-state index contributed by atoms with van der Waals surface area (Å²) in [5.41, 5.74) is 1.60. The molecular formula is C18H22N8O3S. The Morgan fingerprint density at radius 2 is 2.00 bits per heavy atom. The van der Waals surface area contributed by atoms with Gasteiger partial charge in [0.05, 0.1) is 29.5 Å². The fraction of sp³-hybridized carbons (Fsp3) is 0.389. The zero-order valence-electron chi connectivity index (χ0n) is 16.4. The fourth-order valence-electron chi connectivity index (χ4n) is 3.18. The molecule has 1 aliphatic heterocycles. The van der Waals surface area contributed by atoms with Gasteiger partial charge in [-0.15, -0.1) is 5.10 Å². The maximum atomic E-state index is 12.3. The molecular weight excluding hydrogens is 408 g/mol. The van der Waals surface area contributed by atoms with E-state index < -0.39 is 10.0 Å². The number of sulfonamides is 1. The van der Waals surface area contributed by atoms with Crippen LogP contribution in [0, 0.1) is 6.92 Å². The molecule has 1 saturated heterocycles. The molecule has 0 saturated carbocycles. The number of carbonyl (C=O) groups excluding carboxylic acids is 1. The molecule has 0 unspecified atom stereocenters. The van der Waals surface area contributed by atoms with Crippen molar-refractivity contribution in [2.45, 2.75) is 30.8 Å². The predicted molar refractivity (Wildman–Crippen MR) is 106 cm³/mol. The van der Waals surface area contributed by atoms with Crippen molar-refractivity contribution in [3.05, 3.63) is 54.1 Å². The number of nitrogens with zero attached hydrogens (tertiary/aromatic N) is 7. The van der Waals surface area contributed by atoms with Gasteiger partial charge in [-0.1, -0.05) is 17.3 Å². The molecule has 0 aliphatic carbocycles. The number of amides is 1. The van der Waals surface area contributed by atoms with Crippen LogP contribution in [0.1, 0.15) is 23.7 Å². The lowest BCUT2D eigenvalue weighted by Crippen LogP contribution is -2.51. The Kier molecular flexibility index (Phi) is 5.59. The molecule has 1 aromatic carbocycles. The van der Waals surface area contributed by atoms with Crippen LogP contribution in [0.25, 0.3) is 0 Å². The number of hydrogen-bond donors (Lipinski definition) is 1. The Bertz CT molecular complexity index is 1120. The molecule has 11 nitrogen and oxygen atoms in total. The van der Waals surface area contributed by atoms with Crippen LogP contribution >= 0.6 is 0 Å². The molecule has 1 amide bonds. The van der Waals surface area contributed by atoms with Gasteiger partial charge in [-0.05, 0) is 24.6 Å². The second kappa shape index (κ2) is 8.32. The van der Waals surface area contributed by atoms with E-state index in [1.54, 1.807) is 34.1 Å². The Labute approximate surface area is 173 Å². The summed E-state index contributed by atoms with van der Waals surface area (Å²) < 4.78 is 28.8. The number of nitrogens with one attached hydrogen (secondary N) is 1. The van der Waals surface area contributed by atoms with Crippen molar-refractivity contribution in [2.75, 3.05) is 19.6 Å². The topological polar surface area (TPSA) is 128 Å². The maximum absolute atomic E-state index is 12.3. The van der Waals surface area contributed by atoms with Gasteiger partial charge in [-0.2, -0.15) is 15.0 Å². The molecule has 0 atom stereocenters. The molecule has 3 aromatic rings. The SMILES string of the molecule is Cc1cccc(S(=O)(=O)NCCC(=O)N2CC(n3cc(Cn4nccn4)nn3)C2)c1. The lowest BCUT2D eigenvalue weighted by Gasteiger charge is -2.38. The predicted octanol–water partition coefficient (Wildman–Crippen LogP) is -0.0218. The summed E-state index contributed by atoms with van der Waals surface area (Å²) in [6.45, 7) is 3.36. The summed E-state index contributed by atoms with van der Waals surface area (Å²) in [4.78, 5) is 15.7. The average Bonchev–Trinajstić information content (AvgIpc) is 3.33. The first kappa shape index (κ1) is 20.2. The number of likely N-dealkylation sites (tertiary alicyclic amines) is 1. The van der Waals surface area contributed by atoms with E-state index >= 15 is 0 Å². The maximum Gasteiger partial charge on any atom is 0.240 e. The summed E-state index contributed by atoms with van der Waals surface area (Å²) in [5, 5.41) is 16.3. The van der Waals surface area contributed by atoms with Crippen LogP contribution in [-0.2, 0) is 21.4 Å². The Morgan fingerprint density at radius 3 is 2.73 bits per heavy atom. The lowest BCUT2D eigenvalue weighted by atomic mass is 10.1. The van der Waals surface area contributed by atoms with E-state index in [2.05, 4.69) is 25.2 Å². The zero-order valence-corrected chi connectivity index (χ0v) is 17.2. The second-order valence-corrected chi connectivity index (χ2v) is 8.93. The molecule has 2 aromatic heterocycles. The van der Waals surface area contributed by atoms with Gasteiger partial charge in [-0.25, -0.2) is 17.8 Å². The van der Waals surface area contributed by atoms with Gasteiger partial charge in [0.1, 0.15) is 12.2 Å². The largest absolute Gasteiger partial charge is 0.338 e. The highest BCUT2D eigenvalue weighted by molar-refractivity contribution is 7.89. The molecule has 12 heteroatoms. The van der Waals surface area contributed by atoms with Crippen molar-refractivity contribution in [1.29, 1.82) is 0 Å². The molecule has 3 heterocycles. The Morgan fingerprint density at radius 1 is 1.23 bits per heavy atom. The second-order valence-electron chi connectivity index (χ2n) is 7.17. The Hall–Kier alpha value is -3.12. The number of carbonyl (C=O) groups is 1. The number of hydrogen-bond acceptors (Lipinski definition) is 7. The number of rotatable bonds is 8.